The van der Waals surface area contributed by atoms with Gasteiger partial charge in [-0.3, -0.25) is 4.90 Å². The number of nitrogens with zero attached hydrogens (tertiary/aromatic N) is 1. The van der Waals surface area contributed by atoms with E-state index in [4.69, 9.17) is 0 Å². The predicted octanol–water partition coefficient (Wildman–Crippen LogP) is 2.03. The van der Waals surface area contributed by atoms with Crippen LogP contribution in [0.25, 0.3) is 0 Å². The summed E-state index contributed by atoms with van der Waals surface area (Å²) in [7, 11) is 0. The quantitative estimate of drug-likeness (QED) is 0.677. The van der Waals surface area contributed by atoms with Crippen molar-refractivity contribution < 1.29 is 0 Å². The van der Waals surface area contributed by atoms with E-state index in [1.165, 1.54) is 38.0 Å². The molecule has 0 saturated carbocycles. The van der Waals surface area contributed by atoms with Crippen LogP contribution in [0.4, 0.5) is 0 Å². The average Bonchev–Trinajstić information content (AvgIpc) is 2.15. The van der Waals surface area contributed by atoms with Gasteiger partial charge in [-0.05, 0) is 39.8 Å². The minimum absolute atomic E-state index is 0.659. The van der Waals surface area contributed by atoms with Gasteiger partial charge >= 0.3 is 0 Å². The highest BCUT2D eigenvalue weighted by Crippen LogP contribution is 2.09. The zero-order chi connectivity index (χ0) is 10.4. The molecule has 1 unspecified atom stereocenters. The number of hydrogen-bond donors (Lipinski definition) is 1. The zero-order valence-corrected chi connectivity index (χ0v) is 9.84. The van der Waals surface area contributed by atoms with Crippen LogP contribution < -0.4 is 5.32 Å². The fraction of sp³-hybridized carbons (Fsp3) is 0.833. The highest BCUT2D eigenvalue weighted by atomic mass is 15.1. The van der Waals surface area contributed by atoms with Crippen LogP contribution in [0.5, 0.6) is 0 Å². The number of rotatable bonds is 5. The van der Waals surface area contributed by atoms with Crippen LogP contribution in [0, 0.1) is 0 Å². The molecule has 1 atom stereocenters. The average molecular weight is 196 g/mol. The lowest BCUT2D eigenvalue weighted by Crippen LogP contribution is -2.35. The lowest BCUT2D eigenvalue weighted by atomic mass is 10.1. The Morgan fingerprint density at radius 3 is 3.00 bits per heavy atom. The third kappa shape index (κ3) is 4.25. The Kier molecular flexibility index (Phi) is 5.20. The normalized spacial score (nSPS) is 20.6. The molecule has 1 aliphatic heterocycles. The van der Waals surface area contributed by atoms with Crippen molar-refractivity contribution in [3.05, 3.63) is 11.6 Å². The molecule has 0 aromatic rings. The van der Waals surface area contributed by atoms with E-state index in [-0.39, 0.29) is 0 Å². The highest BCUT2D eigenvalue weighted by molar-refractivity contribution is 5.04. The molecule has 1 N–H and O–H groups in total. The van der Waals surface area contributed by atoms with Crippen LogP contribution in [0.2, 0.25) is 0 Å². The first-order valence-electron chi connectivity index (χ1n) is 5.83. The Morgan fingerprint density at radius 1 is 1.57 bits per heavy atom. The van der Waals surface area contributed by atoms with Crippen LogP contribution in [0.3, 0.4) is 0 Å². The van der Waals surface area contributed by atoms with Gasteiger partial charge < -0.3 is 5.32 Å². The van der Waals surface area contributed by atoms with E-state index in [2.05, 4.69) is 37.1 Å². The zero-order valence-electron chi connectivity index (χ0n) is 9.84. The van der Waals surface area contributed by atoms with Gasteiger partial charge in [0.2, 0.25) is 0 Å². The summed E-state index contributed by atoms with van der Waals surface area (Å²) >= 11 is 0. The molecule has 2 heteroatoms. The molecule has 0 radical (unpaired) electrons. The standard InChI is InChI=1S/C12H24N2/c1-4-13-12(3)7-9-14-8-5-6-11(2)10-14/h6,12-13H,4-5,7-10H2,1-3H3. The minimum Gasteiger partial charge on any atom is -0.314 e. The van der Waals surface area contributed by atoms with Crippen LogP contribution in [0.1, 0.15) is 33.6 Å². The van der Waals surface area contributed by atoms with E-state index >= 15 is 0 Å². The maximum atomic E-state index is 3.45. The molecular formula is C12H24N2. The number of hydrogen-bond acceptors (Lipinski definition) is 2. The SMILES string of the molecule is CCNC(C)CCN1CCC=C(C)C1. The fourth-order valence-electron chi connectivity index (χ4n) is 2.01. The van der Waals surface area contributed by atoms with Gasteiger partial charge in [0.15, 0.2) is 0 Å². The van der Waals surface area contributed by atoms with Gasteiger partial charge in [0.05, 0.1) is 0 Å². The molecule has 0 amide bonds. The molecule has 1 aliphatic rings. The largest absolute Gasteiger partial charge is 0.314 e. The Balaban J connectivity index is 2.15. The molecule has 0 aliphatic carbocycles. The topological polar surface area (TPSA) is 15.3 Å². The lowest BCUT2D eigenvalue weighted by Gasteiger charge is -2.27. The van der Waals surface area contributed by atoms with Crippen molar-refractivity contribution in [2.45, 2.75) is 39.7 Å². The molecule has 14 heavy (non-hydrogen) atoms. The molecule has 0 spiro atoms. The third-order valence-electron chi connectivity index (χ3n) is 2.84. The molecule has 0 bridgehead atoms. The lowest BCUT2D eigenvalue weighted by molar-refractivity contribution is 0.274. The predicted molar refractivity (Wildman–Crippen MR) is 62.6 cm³/mol. The second-order valence-corrected chi connectivity index (χ2v) is 4.36. The number of nitrogens with one attached hydrogen (secondary N) is 1. The van der Waals surface area contributed by atoms with Gasteiger partial charge in [-0.15, -0.1) is 0 Å². The van der Waals surface area contributed by atoms with Gasteiger partial charge in [0.1, 0.15) is 0 Å². The smallest absolute Gasteiger partial charge is 0.0190 e. The highest BCUT2D eigenvalue weighted by Gasteiger charge is 2.10. The van der Waals surface area contributed by atoms with E-state index < -0.39 is 0 Å². The van der Waals surface area contributed by atoms with Crippen LogP contribution in [-0.4, -0.2) is 37.1 Å². The van der Waals surface area contributed by atoms with Crippen molar-refractivity contribution in [2.24, 2.45) is 0 Å². The maximum absolute atomic E-state index is 3.45. The fourth-order valence-corrected chi connectivity index (χ4v) is 2.01. The Morgan fingerprint density at radius 2 is 2.36 bits per heavy atom. The van der Waals surface area contributed by atoms with Gasteiger partial charge in [0, 0.05) is 19.1 Å². The molecule has 0 aromatic heterocycles. The van der Waals surface area contributed by atoms with E-state index in [0.717, 1.165) is 6.54 Å². The monoisotopic (exact) mass is 196 g/mol. The van der Waals surface area contributed by atoms with Crippen molar-refractivity contribution in [1.29, 1.82) is 0 Å². The van der Waals surface area contributed by atoms with E-state index in [0.29, 0.717) is 6.04 Å². The molecule has 1 rings (SSSR count). The van der Waals surface area contributed by atoms with Crippen molar-refractivity contribution in [2.75, 3.05) is 26.2 Å². The summed E-state index contributed by atoms with van der Waals surface area (Å²) in [5, 5.41) is 3.45. The van der Waals surface area contributed by atoms with E-state index in [1.54, 1.807) is 0 Å². The molecule has 0 fully saturated rings. The van der Waals surface area contributed by atoms with Gasteiger partial charge in [0.25, 0.3) is 0 Å². The second kappa shape index (κ2) is 6.20. The Labute approximate surface area is 88.4 Å². The molecule has 2 nitrogen and oxygen atoms in total. The first-order chi connectivity index (χ1) is 6.72. The summed E-state index contributed by atoms with van der Waals surface area (Å²) in [6.07, 6.45) is 4.87. The molecule has 1 heterocycles. The Bertz CT molecular complexity index is 187. The Hall–Kier alpha value is -0.340. The summed E-state index contributed by atoms with van der Waals surface area (Å²) in [5.41, 5.74) is 1.53. The van der Waals surface area contributed by atoms with Crippen molar-refractivity contribution in [3.8, 4) is 0 Å². The van der Waals surface area contributed by atoms with E-state index in [9.17, 15) is 0 Å². The molecular weight excluding hydrogens is 172 g/mol. The van der Waals surface area contributed by atoms with Crippen molar-refractivity contribution >= 4 is 0 Å². The van der Waals surface area contributed by atoms with Gasteiger partial charge in [-0.2, -0.15) is 0 Å². The first kappa shape index (κ1) is 11.7. The minimum atomic E-state index is 0.659. The van der Waals surface area contributed by atoms with Crippen LogP contribution in [0.15, 0.2) is 11.6 Å². The van der Waals surface area contributed by atoms with E-state index in [1.807, 2.05) is 0 Å². The van der Waals surface area contributed by atoms with Crippen LogP contribution >= 0.6 is 0 Å². The van der Waals surface area contributed by atoms with Crippen LogP contribution in [-0.2, 0) is 0 Å². The summed E-state index contributed by atoms with van der Waals surface area (Å²) in [6, 6.07) is 0.659. The first-order valence-corrected chi connectivity index (χ1v) is 5.83. The van der Waals surface area contributed by atoms with Crippen molar-refractivity contribution in [1.82, 2.24) is 10.2 Å². The third-order valence-corrected chi connectivity index (χ3v) is 2.84. The summed E-state index contributed by atoms with van der Waals surface area (Å²) < 4.78 is 0. The summed E-state index contributed by atoms with van der Waals surface area (Å²) in [5.74, 6) is 0. The molecule has 0 saturated heterocycles. The molecule has 0 aromatic carbocycles. The summed E-state index contributed by atoms with van der Waals surface area (Å²) in [4.78, 5) is 2.56. The van der Waals surface area contributed by atoms with Crippen molar-refractivity contribution in [3.63, 3.8) is 0 Å². The van der Waals surface area contributed by atoms with Gasteiger partial charge in [-0.25, -0.2) is 0 Å². The second-order valence-electron chi connectivity index (χ2n) is 4.36. The maximum Gasteiger partial charge on any atom is 0.0190 e. The summed E-state index contributed by atoms with van der Waals surface area (Å²) in [6.45, 7) is 11.4. The van der Waals surface area contributed by atoms with Gasteiger partial charge in [-0.1, -0.05) is 18.6 Å². The molecule has 82 valence electrons.